The van der Waals surface area contributed by atoms with E-state index >= 15 is 0 Å². The van der Waals surface area contributed by atoms with Crippen molar-refractivity contribution in [1.82, 2.24) is 9.55 Å². The lowest BCUT2D eigenvalue weighted by atomic mass is 10.1. The number of fused-ring (bicyclic) bond motifs is 1. The van der Waals surface area contributed by atoms with Gasteiger partial charge in [-0.1, -0.05) is 29.8 Å². The van der Waals surface area contributed by atoms with Crippen LogP contribution in [-0.2, 0) is 0 Å². The third-order valence-electron chi connectivity index (χ3n) is 5.11. The molecule has 0 N–H and O–H groups in total. The fourth-order valence-corrected chi connectivity index (χ4v) is 3.71. The summed E-state index contributed by atoms with van der Waals surface area (Å²) in [5.41, 5.74) is 0.888. The van der Waals surface area contributed by atoms with Crippen LogP contribution in [0.1, 0.15) is 11.4 Å². The maximum Gasteiger partial charge on any atom is 0.266 e. The Kier molecular flexibility index (Phi) is 6.33. The van der Waals surface area contributed by atoms with E-state index in [1.165, 1.54) is 32.0 Å². The number of hydrogen-bond donors (Lipinski definition) is 0. The van der Waals surface area contributed by atoms with Crippen LogP contribution in [0.15, 0.2) is 59.4 Å². The molecule has 0 amide bonds. The maximum atomic E-state index is 14.2. The van der Waals surface area contributed by atoms with Crippen molar-refractivity contribution in [3.8, 4) is 22.9 Å². The topological polar surface area (TPSA) is 62.6 Å². The lowest BCUT2D eigenvalue weighted by Crippen LogP contribution is -2.22. The van der Waals surface area contributed by atoms with Crippen molar-refractivity contribution in [2.75, 3.05) is 21.3 Å². The minimum Gasteiger partial charge on any atom is -0.495 e. The molecule has 0 atom stereocenters. The van der Waals surface area contributed by atoms with E-state index in [1.807, 2.05) is 0 Å². The first-order valence-electron chi connectivity index (χ1n) is 9.92. The van der Waals surface area contributed by atoms with Gasteiger partial charge in [0.25, 0.3) is 5.56 Å². The highest BCUT2D eigenvalue weighted by atomic mass is 35.5. The zero-order chi connectivity index (χ0) is 23.5. The predicted molar refractivity (Wildman–Crippen MR) is 127 cm³/mol. The van der Waals surface area contributed by atoms with Gasteiger partial charge in [0.1, 0.15) is 17.4 Å². The van der Waals surface area contributed by atoms with Crippen molar-refractivity contribution < 1.29 is 18.6 Å². The highest BCUT2D eigenvalue weighted by Gasteiger charge is 2.16. The molecule has 4 aromatic rings. The normalized spacial score (nSPS) is 11.2. The van der Waals surface area contributed by atoms with Crippen molar-refractivity contribution in [2.24, 2.45) is 0 Å². The number of methoxy groups -OCH3 is 3. The van der Waals surface area contributed by atoms with Gasteiger partial charge in [-0.25, -0.2) is 9.37 Å². The molecule has 3 aromatic carbocycles. The van der Waals surface area contributed by atoms with E-state index < -0.39 is 0 Å². The Morgan fingerprint density at radius 3 is 2.27 bits per heavy atom. The largest absolute Gasteiger partial charge is 0.495 e. The van der Waals surface area contributed by atoms with E-state index in [0.29, 0.717) is 44.4 Å². The number of hydrogen-bond acceptors (Lipinski definition) is 5. The monoisotopic (exact) mass is 466 g/mol. The Morgan fingerprint density at radius 1 is 0.909 bits per heavy atom. The van der Waals surface area contributed by atoms with Crippen molar-refractivity contribution in [3.63, 3.8) is 0 Å². The summed E-state index contributed by atoms with van der Waals surface area (Å²) < 4.78 is 31.5. The summed E-state index contributed by atoms with van der Waals surface area (Å²) in [6.07, 6.45) is 3.14. The van der Waals surface area contributed by atoms with Crippen molar-refractivity contribution in [2.45, 2.75) is 0 Å². The molecule has 0 saturated heterocycles. The zero-order valence-corrected chi connectivity index (χ0v) is 18.9. The highest BCUT2D eigenvalue weighted by molar-refractivity contribution is 6.32. The molecule has 0 fully saturated rings. The molecule has 0 aliphatic carbocycles. The van der Waals surface area contributed by atoms with E-state index in [2.05, 4.69) is 4.98 Å². The van der Waals surface area contributed by atoms with E-state index in [1.54, 1.807) is 60.7 Å². The van der Waals surface area contributed by atoms with Crippen molar-refractivity contribution in [1.29, 1.82) is 0 Å². The molecule has 0 radical (unpaired) electrons. The Labute approximate surface area is 194 Å². The standard InChI is InChI=1S/C25H20ClFN2O4/c1-31-21-10-9-16(12-18(21)26)29-24(11-8-15-6-4-5-7-19(15)27)28-20-14-23(33-3)22(32-2)13-17(20)25(29)30/h4-14H,1-3H3/b11-8+. The van der Waals surface area contributed by atoms with Gasteiger partial charge < -0.3 is 14.2 Å². The number of nitrogens with zero attached hydrogens (tertiary/aromatic N) is 2. The first-order valence-corrected chi connectivity index (χ1v) is 10.3. The smallest absolute Gasteiger partial charge is 0.266 e. The molecule has 1 heterocycles. The molecule has 4 rings (SSSR count). The van der Waals surface area contributed by atoms with Crippen LogP contribution in [0, 0.1) is 5.82 Å². The second-order valence-electron chi connectivity index (χ2n) is 7.01. The summed E-state index contributed by atoms with van der Waals surface area (Å²) >= 11 is 6.32. The third-order valence-corrected chi connectivity index (χ3v) is 5.41. The molecule has 0 aliphatic rings. The maximum absolute atomic E-state index is 14.2. The molecule has 33 heavy (non-hydrogen) atoms. The number of halogens is 2. The van der Waals surface area contributed by atoms with Gasteiger partial charge in [-0.05, 0) is 42.5 Å². The molecular weight excluding hydrogens is 447 g/mol. The van der Waals surface area contributed by atoms with E-state index in [9.17, 15) is 9.18 Å². The van der Waals surface area contributed by atoms with Crippen LogP contribution < -0.4 is 19.8 Å². The number of benzene rings is 3. The molecule has 0 spiro atoms. The first-order chi connectivity index (χ1) is 16.0. The molecular formula is C25H20ClFN2O4. The number of rotatable bonds is 6. The third kappa shape index (κ3) is 4.27. The van der Waals surface area contributed by atoms with E-state index in [0.717, 1.165) is 0 Å². The molecule has 8 heteroatoms. The number of aromatic nitrogens is 2. The van der Waals surface area contributed by atoms with Crippen LogP contribution in [0.3, 0.4) is 0 Å². The van der Waals surface area contributed by atoms with Crippen LogP contribution in [0.5, 0.6) is 17.2 Å². The van der Waals surface area contributed by atoms with Gasteiger partial charge in [-0.3, -0.25) is 9.36 Å². The summed E-state index contributed by atoms with van der Waals surface area (Å²) in [6, 6.07) is 14.5. The van der Waals surface area contributed by atoms with Gasteiger partial charge >= 0.3 is 0 Å². The summed E-state index contributed by atoms with van der Waals surface area (Å²) in [5, 5.41) is 0.654. The van der Waals surface area contributed by atoms with E-state index in [4.69, 9.17) is 25.8 Å². The first kappa shape index (κ1) is 22.4. The molecule has 6 nitrogen and oxygen atoms in total. The van der Waals surface area contributed by atoms with Crippen LogP contribution in [0.25, 0.3) is 28.7 Å². The zero-order valence-electron chi connectivity index (χ0n) is 18.1. The predicted octanol–water partition coefficient (Wildman–Crippen LogP) is 5.37. The average molecular weight is 467 g/mol. The minimum atomic E-state index is -0.387. The Balaban J connectivity index is 2.00. The Hall–Kier alpha value is -3.84. The second kappa shape index (κ2) is 9.34. The SMILES string of the molecule is COc1ccc(-n2c(/C=C/c3ccccc3F)nc3cc(OC)c(OC)cc3c2=O)cc1Cl. The minimum absolute atomic E-state index is 0.282. The van der Waals surface area contributed by atoms with Gasteiger partial charge in [0, 0.05) is 11.6 Å². The summed E-state index contributed by atoms with van der Waals surface area (Å²) in [4.78, 5) is 18.3. The van der Waals surface area contributed by atoms with Crippen LogP contribution in [0.2, 0.25) is 5.02 Å². The Morgan fingerprint density at radius 2 is 1.61 bits per heavy atom. The van der Waals surface area contributed by atoms with Crippen molar-refractivity contribution >= 4 is 34.7 Å². The fourth-order valence-electron chi connectivity index (χ4n) is 3.46. The molecule has 0 saturated carbocycles. The molecule has 168 valence electrons. The highest BCUT2D eigenvalue weighted by Crippen LogP contribution is 2.31. The summed E-state index contributed by atoms with van der Waals surface area (Å²) in [5.74, 6) is 1.20. The summed E-state index contributed by atoms with van der Waals surface area (Å²) in [7, 11) is 4.50. The Bertz CT molecular complexity index is 1430. The van der Waals surface area contributed by atoms with Gasteiger partial charge in [-0.2, -0.15) is 0 Å². The molecule has 1 aromatic heterocycles. The molecule has 0 aliphatic heterocycles. The van der Waals surface area contributed by atoms with Gasteiger partial charge in [0.15, 0.2) is 11.5 Å². The quantitative estimate of drug-likeness (QED) is 0.382. The summed E-state index contributed by atoms with van der Waals surface area (Å²) in [6.45, 7) is 0. The molecule has 0 unspecified atom stereocenters. The lowest BCUT2D eigenvalue weighted by Gasteiger charge is -2.14. The van der Waals surface area contributed by atoms with Gasteiger partial charge in [0.05, 0.1) is 42.9 Å². The van der Waals surface area contributed by atoms with Crippen LogP contribution in [0.4, 0.5) is 4.39 Å². The lowest BCUT2D eigenvalue weighted by molar-refractivity contribution is 0.355. The van der Waals surface area contributed by atoms with Crippen molar-refractivity contribution in [3.05, 3.63) is 87.2 Å². The number of ether oxygens (including phenoxy) is 3. The second-order valence-corrected chi connectivity index (χ2v) is 7.42. The molecule has 0 bridgehead atoms. The van der Waals surface area contributed by atoms with E-state index in [-0.39, 0.29) is 17.2 Å². The van der Waals surface area contributed by atoms with Gasteiger partial charge in [0.2, 0.25) is 0 Å². The fraction of sp³-hybridized carbons (Fsp3) is 0.120. The van der Waals surface area contributed by atoms with Crippen LogP contribution >= 0.6 is 11.6 Å². The van der Waals surface area contributed by atoms with Crippen LogP contribution in [-0.4, -0.2) is 30.9 Å². The van der Waals surface area contributed by atoms with Gasteiger partial charge in [-0.15, -0.1) is 0 Å². The average Bonchev–Trinajstić information content (AvgIpc) is 2.82.